The number of likely N-dealkylation sites (tertiary alicyclic amines) is 1. The van der Waals surface area contributed by atoms with E-state index in [9.17, 15) is 19.8 Å². The first-order chi connectivity index (χ1) is 31.0. The number of aryl methyl sites for hydroxylation is 1. The summed E-state index contributed by atoms with van der Waals surface area (Å²) in [7, 11) is 0. The number of phenols is 1. The Bertz CT molecular complexity index is 2850. The van der Waals surface area contributed by atoms with Crippen LogP contribution in [0.2, 0.25) is 0 Å². The number of anilines is 1. The van der Waals surface area contributed by atoms with E-state index >= 15 is 0 Å². The van der Waals surface area contributed by atoms with Crippen molar-refractivity contribution in [2.75, 3.05) is 24.5 Å². The van der Waals surface area contributed by atoms with E-state index in [1.54, 1.807) is 41.8 Å². The normalized spacial score (nSPS) is 19.8. The molecular weight excluding hydrogens is 829 g/mol. The molecule has 2 aromatic carbocycles. The molecule has 64 heavy (non-hydrogen) atoms. The molecule has 3 fully saturated rings. The summed E-state index contributed by atoms with van der Waals surface area (Å²) in [6.45, 7) is 9.28. The lowest BCUT2D eigenvalue weighted by atomic mass is 9.91. The minimum atomic E-state index is -0.846. The molecule has 7 heterocycles. The number of phenolic OH excluding ortho intramolecular Hbond substituents is 1. The number of aliphatic hydroxyl groups excluding tert-OH is 1. The van der Waals surface area contributed by atoms with Crippen molar-refractivity contribution in [1.82, 2.24) is 45.1 Å². The van der Waals surface area contributed by atoms with Gasteiger partial charge >= 0.3 is 0 Å². The van der Waals surface area contributed by atoms with E-state index in [2.05, 4.69) is 46.2 Å². The van der Waals surface area contributed by atoms with Crippen molar-refractivity contribution in [2.45, 2.75) is 89.4 Å². The summed E-state index contributed by atoms with van der Waals surface area (Å²) < 4.78 is 8.32. The molecule has 10 rings (SSSR count). The fourth-order valence-corrected chi connectivity index (χ4v) is 10.2. The Balaban J connectivity index is 0.830. The third-order valence-electron chi connectivity index (χ3n) is 12.9. The number of hydrogen-bond acceptors (Lipinski definition) is 13. The molecule has 7 aromatic rings. The fraction of sp³-hybridized carbons (Fsp3) is 0.375. The highest BCUT2D eigenvalue weighted by Gasteiger charge is 2.44. The predicted molar refractivity (Wildman–Crippen MR) is 243 cm³/mol. The Kier molecular flexibility index (Phi) is 10.9. The number of hydrogen-bond donors (Lipinski definition) is 3. The molecular formula is C48H50N10O5S. The third kappa shape index (κ3) is 7.89. The Morgan fingerprint density at radius 1 is 0.922 bits per heavy atom. The second-order valence-electron chi connectivity index (χ2n) is 17.7. The quantitative estimate of drug-likeness (QED) is 0.109. The first-order valence-corrected chi connectivity index (χ1v) is 22.9. The van der Waals surface area contributed by atoms with Crippen LogP contribution in [-0.2, 0) is 9.59 Å². The molecule has 2 aliphatic heterocycles. The lowest BCUT2D eigenvalue weighted by Crippen LogP contribution is -2.48. The Morgan fingerprint density at radius 2 is 1.73 bits per heavy atom. The van der Waals surface area contributed by atoms with Crippen molar-refractivity contribution in [2.24, 2.45) is 5.92 Å². The number of aliphatic hydroxyl groups is 1. The van der Waals surface area contributed by atoms with Gasteiger partial charge in [0.15, 0.2) is 0 Å². The highest BCUT2D eigenvalue weighted by molar-refractivity contribution is 7.13. The lowest BCUT2D eigenvalue weighted by molar-refractivity contribution is -0.141. The van der Waals surface area contributed by atoms with Gasteiger partial charge in [-0.3, -0.25) is 9.59 Å². The zero-order chi connectivity index (χ0) is 44.2. The van der Waals surface area contributed by atoms with E-state index in [4.69, 9.17) is 9.51 Å². The molecule has 1 aliphatic carbocycles. The molecule has 16 heteroatoms. The van der Waals surface area contributed by atoms with Gasteiger partial charge in [-0.05, 0) is 80.5 Å². The van der Waals surface area contributed by atoms with Gasteiger partial charge in [0.25, 0.3) is 0 Å². The van der Waals surface area contributed by atoms with Gasteiger partial charge in [0, 0.05) is 61.5 Å². The molecule has 5 aromatic heterocycles. The van der Waals surface area contributed by atoms with Crippen molar-refractivity contribution in [3.05, 3.63) is 107 Å². The molecule has 3 aliphatic rings. The maximum atomic E-state index is 14.4. The third-order valence-corrected chi connectivity index (χ3v) is 13.9. The van der Waals surface area contributed by atoms with E-state index in [0.29, 0.717) is 40.4 Å². The Hall–Kier alpha value is -6.52. The molecule has 2 saturated heterocycles. The number of nitrogens with zero attached hydrogens (tertiary/aromatic N) is 9. The summed E-state index contributed by atoms with van der Waals surface area (Å²) in [5, 5.41) is 37.8. The van der Waals surface area contributed by atoms with Crippen LogP contribution in [-0.4, -0.2) is 93.6 Å². The topological polar surface area (TPSA) is 189 Å². The van der Waals surface area contributed by atoms with E-state index in [0.717, 1.165) is 65.1 Å². The van der Waals surface area contributed by atoms with Crippen molar-refractivity contribution in [1.29, 1.82) is 0 Å². The summed E-state index contributed by atoms with van der Waals surface area (Å²) in [5.74, 6) is -0.239. The Morgan fingerprint density at radius 3 is 2.48 bits per heavy atom. The van der Waals surface area contributed by atoms with Gasteiger partial charge in [-0.1, -0.05) is 55.4 Å². The van der Waals surface area contributed by atoms with E-state index in [1.807, 2.05) is 75.7 Å². The monoisotopic (exact) mass is 878 g/mol. The van der Waals surface area contributed by atoms with Gasteiger partial charge in [0.1, 0.15) is 34.7 Å². The first kappa shape index (κ1) is 41.5. The molecule has 15 nitrogen and oxygen atoms in total. The van der Waals surface area contributed by atoms with Crippen LogP contribution in [0.15, 0.2) is 89.0 Å². The summed E-state index contributed by atoms with van der Waals surface area (Å²) in [5.41, 5.74) is 10.2. The maximum Gasteiger partial charge on any atom is 0.243 e. The van der Waals surface area contributed by atoms with Crippen LogP contribution in [0, 0.1) is 12.8 Å². The highest BCUT2D eigenvalue weighted by Crippen LogP contribution is 2.44. The molecule has 328 valence electrons. The average Bonchev–Trinajstić information content (AvgIpc) is 3.81. The molecule has 5 atom stereocenters. The van der Waals surface area contributed by atoms with Crippen LogP contribution in [0.1, 0.15) is 93.1 Å². The molecule has 2 amide bonds. The van der Waals surface area contributed by atoms with Crippen molar-refractivity contribution in [3.63, 3.8) is 0 Å². The summed E-state index contributed by atoms with van der Waals surface area (Å²) in [6, 6.07) is 22.2. The SMILES string of the molecule is Cc1ncsc1-c1ccc([C@H](C)NC(=O)[C@@H]2C[C@@H](O)CN2C(=O)C(c2cc(-c3ccnc(N4CC[C@@H](c5cc6nnc(-c7ccccc7O)cc6n5C5CC5)C4)n3)no2)C(C)C)cc1. The van der Waals surface area contributed by atoms with E-state index < -0.39 is 18.1 Å². The molecule has 0 spiro atoms. The van der Waals surface area contributed by atoms with Gasteiger partial charge in [0.2, 0.25) is 17.8 Å². The number of carbonyl (C=O) groups is 2. The minimum absolute atomic E-state index is 0.0403. The highest BCUT2D eigenvalue weighted by atomic mass is 32.1. The van der Waals surface area contributed by atoms with Crippen molar-refractivity contribution < 1.29 is 24.3 Å². The number of aromatic nitrogens is 7. The van der Waals surface area contributed by atoms with Crippen LogP contribution in [0.25, 0.3) is 44.1 Å². The van der Waals surface area contributed by atoms with Gasteiger partial charge in [-0.2, -0.15) is 0 Å². The maximum absolute atomic E-state index is 14.4. The predicted octanol–water partition coefficient (Wildman–Crippen LogP) is 7.59. The molecule has 0 radical (unpaired) electrons. The second kappa shape index (κ2) is 16.9. The summed E-state index contributed by atoms with van der Waals surface area (Å²) in [6.07, 6.45) is 4.14. The average molecular weight is 879 g/mol. The summed E-state index contributed by atoms with van der Waals surface area (Å²) in [4.78, 5) is 47.0. The van der Waals surface area contributed by atoms with Gasteiger partial charge in [-0.15, -0.1) is 21.5 Å². The number of benzene rings is 2. The standard InChI is InChI=1S/C48H50N10O5S/c1-26(2)44(47(62)57-24-33(59)19-41(57)46(61)51-27(3)29-9-11-30(12-10-29)45-28(4)50-25-64-45)43-22-37(55-63-43)35-15-17-49-48(52-35)56-18-16-31(23-56)39-21-38-40(58(39)32-13-14-32)20-36(53-54-38)34-7-5-6-8-42(34)60/h5-12,15,17,20-22,25-27,31-33,41,44,59-60H,13-14,16,18-19,23-24H2,1-4H3,(H,51,61)/t27-,31+,33+,41-,44?/m0/s1. The van der Waals surface area contributed by atoms with Crippen LogP contribution < -0.4 is 10.2 Å². The Labute approximate surface area is 374 Å². The molecule has 1 saturated carbocycles. The number of β-amino-alcohol motifs (C(OH)–C–C–N with tert-alkyl or cyclic N) is 1. The number of nitrogens with one attached hydrogen (secondary N) is 1. The van der Waals surface area contributed by atoms with Crippen LogP contribution in [0.3, 0.4) is 0 Å². The van der Waals surface area contributed by atoms with Crippen molar-refractivity contribution >= 4 is 40.1 Å². The zero-order valence-corrected chi connectivity index (χ0v) is 36.9. The first-order valence-electron chi connectivity index (χ1n) is 22.0. The lowest BCUT2D eigenvalue weighted by Gasteiger charge is -2.29. The number of carbonyl (C=O) groups excluding carboxylic acids is 2. The van der Waals surface area contributed by atoms with Gasteiger partial charge in [0.05, 0.1) is 45.1 Å². The minimum Gasteiger partial charge on any atom is -0.507 e. The molecule has 1 unspecified atom stereocenters. The molecule has 0 bridgehead atoms. The largest absolute Gasteiger partial charge is 0.507 e. The number of para-hydroxylation sites is 1. The second-order valence-corrected chi connectivity index (χ2v) is 18.6. The van der Waals surface area contributed by atoms with Crippen molar-refractivity contribution in [3.8, 4) is 38.8 Å². The van der Waals surface area contributed by atoms with Crippen LogP contribution in [0.4, 0.5) is 5.95 Å². The van der Waals surface area contributed by atoms with Gasteiger partial charge < -0.3 is 34.4 Å². The van der Waals surface area contributed by atoms with Crippen LogP contribution >= 0.6 is 11.3 Å². The van der Waals surface area contributed by atoms with Crippen LogP contribution in [0.5, 0.6) is 5.75 Å². The number of aromatic hydroxyl groups is 1. The number of thiazole rings is 1. The van der Waals surface area contributed by atoms with Gasteiger partial charge in [-0.25, -0.2) is 15.0 Å². The van der Waals surface area contributed by atoms with E-state index in [-0.39, 0.29) is 48.4 Å². The number of rotatable bonds is 12. The molecule has 3 N–H and O–H groups in total. The fourth-order valence-electron chi connectivity index (χ4n) is 9.41. The number of amides is 2. The smallest absolute Gasteiger partial charge is 0.243 e. The summed E-state index contributed by atoms with van der Waals surface area (Å²) >= 11 is 1.59. The van der Waals surface area contributed by atoms with E-state index in [1.165, 1.54) is 10.6 Å². The number of fused-ring (bicyclic) bond motifs is 1. The zero-order valence-electron chi connectivity index (χ0n) is 36.1.